The number of alkyl halides is 1. The largest absolute Gasteiger partial charge is 0.478 e. The molecule has 14 heavy (non-hydrogen) atoms. The van der Waals surface area contributed by atoms with E-state index in [0.29, 0.717) is 25.7 Å². The van der Waals surface area contributed by atoms with Gasteiger partial charge in [0.15, 0.2) is 0 Å². The van der Waals surface area contributed by atoms with E-state index in [1.165, 1.54) is 0 Å². The van der Waals surface area contributed by atoms with E-state index in [-0.39, 0.29) is 0 Å². The molecule has 0 heterocycles. The Kier molecular flexibility index (Phi) is 3.08. The molecule has 0 radical (unpaired) electrons. The highest BCUT2D eigenvalue weighted by atomic mass is 19.1. The van der Waals surface area contributed by atoms with E-state index in [4.69, 9.17) is 10.2 Å². The number of carboxylic acid groups (broad SMARTS) is 2. The van der Waals surface area contributed by atoms with Gasteiger partial charge in [-0.1, -0.05) is 19.3 Å². The van der Waals surface area contributed by atoms with Crippen LogP contribution in [0.15, 0.2) is 0 Å². The smallest absolute Gasteiger partial charge is 0.353 e. The third-order valence-electron chi connectivity index (χ3n) is 2.79. The Labute approximate surface area is 80.7 Å². The van der Waals surface area contributed by atoms with Crippen LogP contribution in [0.25, 0.3) is 0 Å². The number of hydrogen-bond acceptors (Lipinski definition) is 2. The first kappa shape index (κ1) is 10.9. The van der Waals surface area contributed by atoms with Crippen LogP contribution in [0, 0.1) is 5.92 Å². The monoisotopic (exact) mass is 204 g/mol. The summed E-state index contributed by atoms with van der Waals surface area (Å²) in [4.78, 5) is 21.2. The molecule has 1 aliphatic rings. The molecule has 0 aliphatic heterocycles. The molecule has 5 heteroatoms. The molecule has 0 atom stereocenters. The van der Waals surface area contributed by atoms with Crippen molar-refractivity contribution in [2.45, 2.75) is 37.8 Å². The van der Waals surface area contributed by atoms with E-state index in [2.05, 4.69) is 0 Å². The molecule has 0 aromatic heterocycles. The predicted octanol–water partition coefficient (Wildman–Crippen LogP) is 1.44. The van der Waals surface area contributed by atoms with Gasteiger partial charge in [-0.25, -0.2) is 14.0 Å². The lowest BCUT2D eigenvalue weighted by atomic mass is 9.78. The molecule has 0 saturated heterocycles. The maximum Gasteiger partial charge on any atom is 0.353 e. The quantitative estimate of drug-likeness (QED) is 0.682. The van der Waals surface area contributed by atoms with Crippen LogP contribution in [-0.2, 0) is 9.59 Å². The van der Waals surface area contributed by atoms with Gasteiger partial charge in [0, 0.05) is 5.92 Å². The van der Waals surface area contributed by atoms with Crippen LogP contribution in [-0.4, -0.2) is 27.8 Å². The van der Waals surface area contributed by atoms with Crippen molar-refractivity contribution in [1.29, 1.82) is 0 Å². The molecule has 0 amide bonds. The molecule has 0 spiro atoms. The second-order valence-electron chi connectivity index (χ2n) is 3.66. The molecule has 0 bridgehead atoms. The highest BCUT2D eigenvalue weighted by molar-refractivity contribution is 6.02. The summed E-state index contributed by atoms with van der Waals surface area (Å²) in [6, 6.07) is 0. The van der Waals surface area contributed by atoms with Crippen molar-refractivity contribution in [2.75, 3.05) is 0 Å². The molecular formula is C9H13FO4. The minimum atomic E-state index is -3.10. The SMILES string of the molecule is O=C(O)C(F)(C(=O)O)C1CCCCC1. The van der Waals surface area contributed by atoms with Gasteiger partial charge in [-0.05, 0) is 12.8 Å². The summed E-state index contributed by atoms with van der Waals surface area (Å²) in [6.45, 7) is 0. The van der Waals surface area contributed by atoms with Crippen LogP contribution in [0.1, 0.15) is 32.1 Å². The summed E-state index contributed by atoms with van der Waals surface area (Å²) >= 11 is 0. The second kappa shape index (κ2) is 3.94. The molecule has 1 fully saturated rings. The number of halogens is 1. The van der Waals surface area contributed by atoms with Gasteiger partial charge in [0.25, 0.3) is 0 Å². The number of carboxylic acids is 2. The van der Waals surface area contributed by atoms with Crippen molar-refractivity contribution in [2.24, 2.45) is 5.92 Å². The van der Waals surface area contributed by atoms with E-state index >= 15 is 0 Å². The Morgan fingerprint density at radius 3 is 1.86 bits per heavy atom. The van der Waals surface area contributed by atoms with Crippen LogP contribution in [0.2, 0.25) is 0 Å². The maximum atomic E-state index is 13.7. The lowest BCUT2D eigenvalue weighted by molar-refractivity contribution is -0.173. The minimum Gasteiger partial charge on any atom is -0.478 e. The van der Waals surface area contributed by atoms with Crippen molar-refractivity contribution >= 4 is 11.9 Å². The van der Waals surface area contributed by atoms with E-state index in [1.807, 2.05) is 0 Å². The third kappa shape index (κ3) is 1.71. The summed E-state index contributed by atoms with van der Waals surface area (Å²) in [5.41, 5.74) is -3.10. The zero-order valence-electron chi connectivity index (χ0n) is 7.70. The van der Waals surface area contributed by atoms with Gasteiger partial charge in [-0.2, -0.15) is 0 Å². The number of hydrogen-bond donors (Lipinski definition) is 2. The van der Waals surface area contributed by atoms with Crippen molar-refractivity contribution < 1.29 is 24.2 Å². The molecule has 1 saturated carbocycles. The highest BCUT2D eigenvalue weighted by Gasteiger charge is 2.53. The molecule has 1 rings (SSSR count). The fraction of sp³-hybridized carbons (Fsp3) is 0.778. The van der Waals surface area contributed by atoms with Crippen LogP contribution in [0.3, 0.4) is 0 Å². The first-order valence-corrected chi connectivity index (χ1v) is 4.65. The van der Waals surface area contributed by atoms with E-state index in [0.717, 1.165) is 6.42 Å². The van der Waals surface area contributed by atoms with Crippen molar-refractivity contribution in [1.82, 2.24) is 0 Å². The topological polar surface area (TPSA) is 74.6 Å². The molecule has 0 aromatic carbocycles. The van der Waals surface area contributed by atoms with Crippen LogP contribution < -0.4 is 0 Å². The maximum absolute atomic E-state index is 13.7. The summed E-state index contributed by atoms with van der Waals surface area (Å²) in [5, 5.41) is 17.2. The third-order valence-corrected chi connectivity index (χ3v) is 2.79. The standard InChI is InChI=1S/C9H13FO4/c10-9(7(11)12,8(13)14)6-4-2-1-3-5-6/h6H,1-5H2,(H,11,12)(H,13,14). The van der Waals surface area contributed by atoms with Gasteiger partial charge < -0.3 is 10.2 Å². The van der Waals surface area contributed by atoms with Gasteiger partial charge in [0.1, 0.15) is 0 Å². The Bertz CT molecular complexity index is 231. The van der Waals surface area contributed by atoms with E-state index in [1.54, 1.807) is 0 Å². The fourth-order valence-corrected chi connectivity index (χ4v) is 1.94. The Morgan fingerprint density at radius 2 is 1.50 bits per heavy atom. The lowest BCUT2D eigenvalue weighted by Crippen LogP contribution is -2.49. The zero-order chi connectivity index (χ0) is 10.8. The fourth-order valence-electron chi connectivity index (χ4n) is 1.94. The summed E-state index contributed by atoms with van der Waals surface area (Å²) in [5.74, 6) is -4.64. The Hall–Kier alpha value is -1.13. The summed E-state index contributed by atoms with van der Waals surface area (Å²) < 4.78 is 13.7. The zero-order valence-corrected chi connectivity index (χ0v) is 7.70. The molecule has 2 N–H and O–H groups in total. The van der Waals surface area contributed by atoms with E-state index in [9.17, 15) is 14.0 Å². The predicted molar refractivity (Wildman–Crippen MR) is 45.7 cm³/mol. The molecular weight excluding hydrogens is 191 g/mol. The van der Waals surface area contributed by atoms with Crippen molar-refractivity contribution in [3.8, 4) is 0 Å². The van der Waals surface area contributed by atoms with Gasteiger partial charge in [0.05, 0.1) is 0 Å². The first-order valence-electron chi connectivity index (χ1n) is 4.65. The Morgan fingerprint density at radius 1 is 1.07 bits per heavy atom. The number of aliphatic carboxylic acids is 2. The Balaban J connectivity index is 2.86. The minimum absolute atomic E-state index is 0.342. The van der Waals surface area contributed by atoms with Gasteiger partial charge in [-0.15, -0.1) is 0 Å². The molecule has 1 aliphatic carbocycles. The molecule has 80 valence electrons. The molecule has 4 nitrogen and oxygen atoms in total. The highest BCUT2D eigenvalue weighted by Crippen LogP contribution is 2.35. The molecule has 0 aromatic rings. The average Bonchev–Trinajstić information content (AvgIpc) is 2.17. The van der Waals surface area contributed by atoms with Gasteiger partial charge >= 0.3 is 17.6 Å². The number of carbonyl (C=O) groups is 2. The van der Waals surface area contributed by atoms with Gasteiger partial charge in [0.2, 0.25) is 0 Å². The van der Waals surface area contributed by atoms with E-state index < -0.39 is 23.5 Å². The lowest BCUT2D eigenvalue weighted by Gasteiger charge is -2.29. The second-order valence-corrected chi connectivity index (χ2v) is 3.66. The van der Waals surface area contributed by atoms with Gasteiger partial charge in [-0.3, -0.25) is 0 Å². The molecule has 0 unspecified atom stereocenters. The normalized spacial score (nSPS) is 19.2. The van der Waals surface area contributed by atoms with Crippen LogP contribution >= 0.6 is 0 Å². The van der Waals surface area contributed by atoms with Crippen LogP contribution in [0.4, 0.5) is 4.39 Å². The summed E-state index contributed by atoms with van der Waals surface area (Å²) in [7, 11) is 0. The first-order chi connectivity index (χ1) is 6.49. The number of rotatable bonds is 3. The van der Waals surface area contributed by atoms with Crippen molar-refractivity contribution in [3.05, 3.63) is 0 Å². The average molecular weight is 204 g/mol. The summed E-state index contributed by atoms with van der Waals surface area (Å²) in [6.07, 6.45) is 3.02. The van der Waals surface area contributed by atoms with Crippen LogP contribution in [0.5, 0.6) is 0 Å². The van der Waals surface area contributed by atoms with Crippen molar-refractivity contribution in [3.63, 3.8) is 0 Å².